The third-order valence-electron chi connectivity index (χ3n) is 2.69. The molecule has 1 aromatic rings. The van der Waals surface area contributed by atoms with Crippen molar-refractivity contribution in [1.29, 1.82) is 0 Å². The van der Waals surface area contributed by atoms with Crippen molar-refractivity contribution in [1.82, 2.24) is 4.98 Å². The topological polar surface area (TPSA) is 22.1 Å². The Hall–Kier alpha value is -1.05. The molecule has 0 N–H and O–H groups in total. The molecule has 2 heteroatoms. The van der Waals surface area contributed by atoms with Gasteiger partial charge in [0.2, 0.25) is 0 Å². The van der Waals surface area contributed by atoms with E-state index in [1.807, 2.05) is 6.20 Å². The van der Waals surface area contributed by atoms with Crippen molar-refractivity contribution in [3.8, 4) is 5.75 Å². The van der Waals surface area contributed by atoms with Crippen LogP contribution >= 0.6 is 0 Å². The van der Waals surface area contributed by atoms with E-state index in [2.05, 4.69) is 46.5 Å². The maximum absolute atomic E-state index is 5.45. The molecule has 1 rings (SSSR count). The maximum Gasteiger partial charge on any atom is 0.141 e. The molecule has 2 nitrogen and oxygen atoms in total. The van der Waals surface area contributed by atoms with Crippen LogP contribution in [-0.2, 0) is 10.8 Å². The summed E-state index contributed by atoms with van der Waals surface area (Å²) in [4.78, 5) is 4.27. The van der Waals surface area contributed by atoms with Gasteiger partial charge in [0.05, 0.1) is 13.3 Å². The molecule has 0 amide bonds. The van der Waals surface area contributed by atoms with E-state index in [9.17, 15) is 0 Å². The summed E-state index contributed by atoms with van der Waals surface area (Å²) in [6.45, 7) is 13.2. The molecule has 0 aliphatic rings. The van der Waals surface area contributed by atoms with Crippen LogP contribution in [0.25, 0.3) is 0 Å². The second-order valence-electron chi connectivity index (χ2n) is 6.26. The van der Waals surface area contributed by atoms with Crippen LogP contribution in [0, 0.1) is 0 Å². The Morgan fingerprint density at radius 2 is 1.50 bits per heavy atom. The summed E-state index contributed by atoms with van der Waals surface area (Å²) < 4.78 is 5.45. The zero-order valence-electron chi connectivity index (χ0n) is 11.5. The first-order valence-corrected chi connectivity index (χ1v) is 5.71. The van der Waals surface area contributed by atoms with E-state index in [0.717, 1.165) is 5.75 Å². The van der Waals surface area contributed by atoms with Crippen molar-refractivity contribution in [3.05, 3.63) is 23.5 Å². The summed E-state index contributed by atoms with van der Waals surface area (Å²) in [5, 5.41) is 0. The molecule has 90 valence electrons. The predicted octanol–water partition coefficient (Wildman–Crippen LogP) is 3.69. The Labute approximate surface area is 99.0 Å². The van der Waals surface area contributed by atoms with Gasteiger partial charge in [-0.2, -0.15) is 0 Å². The van der Waals surface area contributed by atoms with Crippen molar-refractivity contribution in [2.45, 2.75) is 52.4 Å². The second kappa shape index (κ2) is 4.08. The van der Waals surface area contributed by atoms with Crippen LogP contribution in [0.5, 0.6) is 5.75 Å². The molecule has 0 unspecified atom stereocenters. The van der Waals surface area contributed by atoms with Crippen molar-refractivity contribution in [2.24, 2.45) is 0 Å². The summed E-state index contributed by atoms with van der Waals surface area (Å²) in [6, 6.07) is 0. The fraction of sp³-hybridized carbons (Fsp3) is 0.643. The Balaban J connectivity index is 3.51. The molecule has 0 bridgehead atoms. The summed E-state index contributed by atoms with van der Waals surface area (Å²) in [6.07, 6.45) is 3.76. The molecule has 1 aromatic heterocycles. The van der Waals surface area contributed by atoms with Gasteiger partial charge in [0.1, 0.15) is 5.75 Å². The highest BCUT2D eigenvalue weighted by atomic mass is 16.5. The first-order chi connectivity index (χ1) is 7.18. The average Bonchev–Trinajstić information content (AvgIpc) is 2.13. The number of ether oxygens (including phenoxy) is 1. The predicted molar refractivity (Wildman–Crippen MR) is 68.2 cm³/mol. The fourth-order valence-electron chi connectivity index (χ4n) is 1.94. The van der Waals surface area contributed by atoms with E-state index in [1.165, 1.54) is 11.1 Å². The highest BCUT2D eigenvalue weighted by Crippen LogP contribution is 2.38. The monoisotopic (exact) mass is 221 g/mol. The van der Waals surface area contributed by atoms with E-state index in [-0.39, 0.29) is 10.8 Å². The third-order valence-corrected chi connectivity index (χ3v) is 2.69. The molecule has 0 fully saturated rings. The number of hydrogen-bond acceptors (Lipinski definition) is 2. The normalized spacial score (nSPS) is 12.7. The van der Waals surface area contributed by atoms with Gasteiger partial charge in [-0.1, -0.05) is 41.5 Å². The van der Waals surface area contributed by atoms with Crippen LogP contribution in [-0.4, -0.2) is 12.1 Å². The summed E-state index contributed by atoms with van der Waals surface area (Å²) in [5.41, 5.74) is 2.68. The minimum atomic E-state index is 0.0664. The van der Waals surface area contributed by atoms with E-state index in [0.29, 0.717) is 0 Å². The summed E-state index contributed by atoms with van der Waals surface area (Å²) >= 11 is 0. The number of nitrogens with zero attached hydrogens (tertiary/aromatic N) is 1. The number of methoxy groups -OCH3 is 1. The fourth-order valence-corrected chi connectivity index (χ4v) is 1.94. The molecule has 16 heavy (non-hydrogen) atoms. The molecular formula is C14H23NO. The lowest BCUT2D eigenvalue weighted by molar-refractivity contribution is 0.389. The molecular weight excluding hydrogens is 198 g/mol. The molecule has 1 heterocycles. The molecule has 0 aliphatic carbocycles. The Morgan fingerprint density at radius 3 is 1.88 bits per heavy atom. The van der Waals surface area contributed by atoms with Crippen LogP contribution in [0.15, 0.2) is 12.4 Å². The molecule has 0 radical (unpaired) electrons. The highest BCUT2D eigenvalue weighted by Gasteiger charge is 2.28. The van der Waals surface area contributed by atoms with Crippen molar-refractivity contribution >= 4 is 0 Å². The quantitative estimate of drug-likeness (QED) is 0.721. The Kier molecular flexibility index (Phi) is 3.32. The van der Waals surface area contributed by atoms with Gasteiger partial charge >= 0.3 is 0 Å². The van der Waals surface area contributed by atoms with Crippen LogP contribution in [0.1, 0.15) is 52.7 Å². The second-order valence-corrected chi connectivity index (χ2v) is 6.26. The lowest BCUT2D eigenvalue weighted by atomic mass is 9.76. The lowest BCUT2D eigenvalue weighted by Gasteiger charge is -2.30. The van der Waals surface area contributed by atoms with Crippen LogP contribution in [0.3, 0.4) is 0 Å². The summed E-state index contributed by atoms with van der Waals surface area (Å²) in [7, 11) is 1.71. The van der Waals surface area contributed by atoms with Crippen molar-refractivity contribution < 1.29 is 4.74 Å². The first-order valence-electron chi connectivity index (χ1n) is 5.71. The number of hydrogen-bond donors (Lipinski definition) is 0. The SMILES string of the molecule is COc1cncc(C(C)(C)C)c1C(C)(C)C. The first kappa shape index (κ1) is 13.0. The van der Waals surface area contributed by atoms with E-state index in [1.54, 1.807) is 13.3 Å². The zero-order valence-corrected chi connectivity index (χ0v) is 11.5. The molecule has 0 saturated heterocycles. The van der Waals surface area contributed by atoms with Crippen LogP contribution in [0.2, 0.25) is 0 Å². The van der Waals surface area contributed by atoms with Gasteiger partial charge < -0.3 is 4.74 Å². The summed E-state index contributed by atoms with van der Waals surface area (Å²) in [5.74, 6) is 0.889. The standard InChI is InChI=1S/C14H23NO/c1-13(2,3)10-8-15-9-11(16-7)12(10)14(4,5)6/h8-9H,1-7H3. The van der Waals surface area contributed by atoms with Gasteiger partial charge in [-0.25, -0.2) is 0 Å². The van der Waals surface area contributed by atoms with Gasteiger partial charge in [-0.3, -0.25) is 4.98 Å². The van der Waals surface area contributed by atoms with Crippen LogP contribution in [0.4, 0.5) is 0 Å². The Bertz CT molecular complexity index is 369. The number of aromatic nitrogens is 1. The van der Waals surface area contributed by atoms with E-state index in [4.69, 9.17) is 4.74 Å². The highest BCUT2D eigenvalue weighted by molar-refractivity contribution is 5.45. The zero-order chi connectivity index (χ0) is 12.6. The van der Waals surface area contributed by atoms with Gasteiger partial charge in [-0.15, -0.1) is 0 Å². The molecule has 0 aromatic carbocycles. The average molecular weight is 221 g/mol. The Morgan fingerprint density at radius 1 is 0.938 bits per heavy atom. The van der Waals surface area contributed by atoms with Gasteiger partial charge in [0.25, 0.3) is 0 Å². The smallest absolute Gasteiger partial charge is 0.141 e. The van der Waals surface area contributed by atoms with Gasteiger partial charge in [0.15, 0.2) is 0 Å². The van der Waals surface area contributed by atoms with E-state index >= 15 is 0 Å². The largest absolute Gasteiger partial charge is 0.495 e. The molecule has 0 saturated carbocycles. The lowest BCUT2D eigenvalue weighted by Crippen LogP contribution is -2.23. The van der Waals surface area contributed by atoms with Gasteiger partial charge in [0, 0.05) is 11.8 Å². The maximum atomic E-state index is 5.45. The van der Waals surface area contributed by atoms with Gasteiger partial charge in [-0.05, 0) is 16.4 Å². The number of pyridine rings is 1. The molecule has 0 spiro atoms. The van der Waals surface area contributed by atoms with E-state index < -0.39 is 0 Å². The minimum absolute atomic E-state index is 0.0664. The van der Waals surface area contributed by atoms with Crippen LogP contribution < -0.4 is 4.74 Å². The third kappa shape index (κ3) is 2.55. The van der Waals surface area contributed by atoms with Crippen molar-refractivity contribution in [3.63, 3.8) is 0 Å². The van der Waals surface area contributed by atoms with Crippen molar-refractivity contribution in [2.75, 3.05) is 7.11 Å². The number of rotatable bonds is 1. The minimum Gasteiger partial charge on any atom is -0.495 e. The molecule has 0 atom stereocenters. The molecule has 0 aliphatic heterocycles.